The van der Waals surface area contributed by atoms with Gasteiger partial charge in [-0.15, -0.1) is 11.3 Å². The number of fused-ring (bicyclic) bond motifs is 1. The minimum Gasteiger partial charge on any atom is -0.305 e. The predicted molar refractivity (Wildman–Crippen MR) is 84.1 cm³/mol. The summed E-state index contributed by atoms with van der Waals surface area (Å²) in [5.41, 5.74) is 3.35. The van der Waals surface area contributed by atoms with Crippen LogP contribution in [0.1, 0.15) is 29.2 Å². The molecule has 0 saturated carbocycles. The zero-order valence-electron chi connectivity index (χ0n) is 11.6. The normalized spacial score (nSPS) is 12.7. The molecule has 0 fully saturated rings. The monoisotopic (exact) mass is 283 g/mol. The first-order chi connectivity index (χ1) is 9.78. The largest absolute Gasteiger partial charge is 0.305 e. The van der Waals surface area contributed by atoms with E-state index in [1.807, 2.05) is 19.2 Å². The van der Waals surface area contributed by atoms with E-state index in [0.717, 1.165) is 22.8 Å². The third kappa shape index (κ3) is 2.57. The lowest BCUT2D eigenvalue weighted by Crippen LogP contribution is -2.21. The van der Waals surface area contributed by atoms with Crippen molar-refractivity contribution in [2.75, 3.05) is 6.54 Å². The zero-order chi connectivity index (χ0) is 13.9. The third-order valence-electron chi connectivity index (χ3n) is 3.25. The van der Waals surface area contributed by atoms with E-state index in [-0.39, 0.29) is 6.04 Å². The Bertz CT molecular complexity index is 720. The van der Waals surface area contributed by atoms with E-state index in [1.165, 1.54) is 10.9 Å². The molecule has 3 aromatic rings. The molecule has 0 bridgehead atoms. The zero-order valence-corrected chi connectivity index (χ0v) is 12.4. The second-order valence-electron chi connectivity index (χ2n) is 4.77. The van der Waals surface area contributed by atoms with Gasteiger partial charge in [0.2, 0.25) is 0 Å². The molecule has 1 N–H and O–H groups in total. The van der Waals surface area contributed by atoms with Gasteiger partial charge in [-0.1, -0.05) is 19.1 Å². The Kier molecular flexibility index (Phi) is 3.76. The van der Waals surface area contributed by atoms with Crippen molar-refractivity contribution >= 4 is 22.2 Å². The summed E-state index contributed by atoms with van der Waals surface area (Å²) >= 11 is 1.71. The molecule has 0 aliphatic carbocycles. The van der Waals surface area contributed by atoms with Crippen LogP contribution < -0.4 is 5.32 Å². The molecule has 1 atom stereocenters. The summed E-state index contributed by atoms with van der Waals surface area (Å²) in [6.07, 6.45) is 1.83. The molecule has 0 amide bonds. The van der Waals surface area contributed by atoms with Gasteiger partial charge in [-0.05, 0) is 37.2 Å². The minimum absolute atomic E-state index is 0.156. The average Bonchev–Trinajstić information content (AvgIpc) is 2.90. The fourth-order valence-corrected chi connectivity index (χ4v) is 3.23. The molecular formula is C16H17N3S. The van der Waals surface area contributed by atoms with E-state index in [1.54, 1.807) is 11.3 Å². The smallest absolute Gasteiger partial charge is 0.114 e. The highest BCUT2D eigenvalue weighted by atomic mass is 32.1. The lowest BCUT2D eigenvalue weighted by molar-refractivity contribution is 0.626. The Hall–Kier alpha value is -1.78. The Morgan fingerprint density at radius 1 is 1.30 bits per heavy atom. The molecule has 0 radical (unpaired) electrons. The maximum atomic E-state index is 4.63. The van der Waals surface area contributed by atoms with E-state index >= 15 is 0 Å². The van der Waals surface area contributed by atoms with Crippen molar-refractivity contribution in [1.29, 1.82) is 0 Å². The van der Waals surface area contributed by atoms with Crippen molar-refractivity contribution in [3.8, 4) is 0 Å². The molecule has 0 aliphatic heterocycles. The molecule has 102 valence electrons. The molecule has 2 heterocycles. The van der Waals surface area contributed by atoms with Crippen molar-refractivity contribution in [2.45, 2.75) is 19.9 Å². The summed E-state index contributed by atoms with van der Waals surface area (Å²) in [5.74, 6) is 0. The number of thiazole rings is 1. The van der Waals surface area contributed by atoms with E-state index in [9.17, 15) is 0 Å². The van der Waals surface area contributed by atoms with Gasteiger partial charge in [-0.2, -0.15) is 0 Å². The second kappa shape index (κ2) is 5.69. The van der Waals surface area contributed by atoms with Crippen molar-refractivity contribution in [3.63, 3.8) is 0 Å². The number of pyridine rings is 1. The number of nitrogens with one attached hydrogen (secondary N) is 1. The molecule has 3 nitrogen and oxygen atoms in total. The summed E-state index contributed by atoms with van der Waals surface area (Å²) in [4.78, 5) is 9.00. The Morgan fingerprint density at radius 2 is 2.20 bits per heavy atom. The van der Waals surface area contributed by atoms with Crippen LogP contribution in [0.15, 0.2) is 41.9 Å². The lowest BCUT2D eigenvalue weighted by Gasteiger charge is -2.16. The summed E-state index contributed by atoms with van der Waals surface area (Å²) < 4.78 is 0. The number of hydrogen-bond acceptors (Lipinski definition) is 4. The summed E-state index contributed by atoms with van der Waals surface area (Å²) in [5, 5.41) is 7.91. The predicted octanol–water partition coefficient (Wildman–Crippen LogP) is 3.70. The van der Waals surface area contributed by atoms with Gasteiger partial charge >= 0.3 is 0 Å². The Morgan fingerprint density at radius 3 is 2.95 bits per heavy atom. The SMILES string of the molecule is CCNC(c1ccc2ncccc2c1)c1nc(C)cs1. The van der Waals surface area contributed by atoms with Crippen LogP contribution >= 0.6 is 11.3 Å². The van der Waals surface area contributed by atoms with E-state index in [2.05, 4.69) is 51.9 Å². The molecule has 2 aromatic heterocycles. The van der Waals surface area contributed by atoms with Gasteiger partial charge in [0, 0.05) is 22.7 Å². The molecule has 0 saturated heterocycles. The van der Waals surface area contributed by atoms with Gasteiger partial charge in [0.1, 0.15) is 5.01 Å². The van der Waals surface area contributed by atoms with Gasteiger partial charge in [-0.3, -0.25) is 4.98 Å². The third-order valence-corrected chi connectivity index (χ3v) is 4.28. The number of rotatable bonds is 4. The molecule has 1 unspecified atom stereocenters. The number of aromatic nitrogens is 2. The fraction of sp³-hybridized carbons (Fsp3) is 0.250. The topological polar surface area (TPSA) is 37.8 Å². The molecule has 3 rings (SSSR count). The maximum absolute atomic E-state index is 4.63. The highest BCUT2D eigenvalue weighted by Gasteiger charge is 2.16. The minimum atomic E-state index is 0.156. The Balaban J connectivity index is 2.04. The van der Waals surface area contributed by atoms with Crippen LogP contribution in [0.3, 0.4) is 0 Å². The first kappa shape index (κ1) is 13.2. The first-order valence-electron chi connectivity index (χ1n) is 6.78. The highest BCUT2D eigenvalue weighted by molar-refractivity contribution is 7.09. The molecular weight excluding hydrogens is 266 g/mol. The highest BCUT2D eigenvalue weighted by Crippen LogP contribution is 2.27. The van der Waals surface area contributed by atoms with Gasteiger partial charge in [0.25, 0.3) is 0 Å². The van der Waals surface area contributed by atoms with Gasteiger partial charge in [0.15, 0.2) is 0 Å². The quantitative estimate of drug-likeness (QED) is 0.793. The van der Waals surface area contributed by atoms with Crippen molar-refractivity contribution < 1.29 is 0 Å². The van der Waals surface area contributed by atoms with Crippen molar-refractivity contribution in [3.05, 3.63) is 58.2 Å². The Labute approximate surface area is 122 Å². The van der Waals surface area contributed by atoms with Crippen LogP contribution in [0.2, 0.25) is 0 Å². The summed E-state index contributed by atoms with van der Waals surface area (Å²) in [6.45, 7) is 5.07. The molecule has 0 aliphatic rings. The number of nitrogens with zero attached hydrogens (tertiary/aromatic N) is 2. The maximum Gasteiger partial charge on any atom is 0.114 e. The van der Waals surface area contributed by atoms with Crippen LogP contribution in [-0.4, -0.2) is 16.5 Å². The standard InChI is InChI=1S/C16H17N3S/c1-3-17-15(16-19-11(2)10-20-16)13-6-7-14-12(9-13)5-4-8-18-14/h4-10,15,17H,3H2,1-2H3. The average molecular weight is 283 g/mol. The lowest BCUT2D eigenvalue weighted by atomic mass is 10.0. The number of aryl methyl sites for hydroxylation is 1. The fourth-order valence-electron chi connectivity index (χ4n) is 2.33. The van der Waals surface area contributed by atoms with Crippen LogP contribution in [0.4, 0.5) is 0 Å². The summed E-state index contributed by atoms with van der Waals surface area (Å²) in [7, 11) is 0. The van der Waals surface area contributed by atoms with Crippen LogP contribution in [0.5, 0.6) is 0 Å². The molecule has 20 heavy (non-hydrogen) atoms. The van der Waals surface area contributed by atoms with Gasteiger partial charge in [-0.25, -0.2) is 4.98 Å². The van der Waals surface area contributed by atoms with Crippen molar-refractivity contribution in [2.24, 2.45) is 0 Å². The molecule has 0 spiro atoms. The molecule has 4 heteroatoms. The van der Waals surface area contributed by atoms with Gasteiger partial charge < -0.3 is 5.32 Å². The second-order valence-corrected chi connectivity index (χ2v) is 5.66. The van der Waals surface area contributed by atoms with Crippen LogP contribution in [-0.2, 0) is 0 Å². The number of benzene rings is 1. The van der Waals surface area contributed by atoms with Crippen LogP contribution in [0.25, 0.3) is 10.9 Å². The van der Waals surface area contributed by atoms with Crippen LogP contribution in [0, 0.1) is 6.92 Å². The van der Waals surface area contributed by atoms with E-state index in [0.29, 0.717) is 0 Å². The van der Waals surface area contributed by atoms with E-state index in [4.69, 9.17) is 0 Å². The van der Waals surface area contributed by atoms with Crippen molar-refractivity contribution in [1.82, 2.24) is 15.3 Å². The summed E-state index contributed by atoms with van der Waals surface area (Å²) in [6, 6.07) is 10.6. The van der Waals surface area contributed by atoms with E-state index < -0.39 is 0 Å². The first-order valence-corrected chi connectivity index (χ1v) is 7.66. The molecule has 1 aromatic carbocycles. The number of hydrogen-bond donors (Lipinski definition) is 1. The van der Waals surface area contributed by atoms with Gasteiger partial charge in [0.05, 0.1) is 11.6 Å².